The SMILES string of the molecule is CCCCNC(=O)c1cnc(SCc2ccc(OC)cc2)cn1. The predicted molar refractivity (Wildman–Crippen MR) is 91.8 cm³/mol. The van der Waals surface area contributed by atoms with E-state index in [1.165, 1.54) is 11.8 Å². The van der Waals surface area contributed by atoms with E-state index in [4.69, 9.17) is 4.74 Å². The van der Waals surface area contributed by atoms with Crippen LogP contribution in [-0.4, -0.2) is 29.5 Å². The Labute approximate surface area is 140 Å². The van der Waals surface area contributed by atoms with Gasteiger partial charge in [-0.05, 0) is 24.1 Å². The maximum Gasteiger partial charge on any atom is 0.271 e. The third kappa shape index (κ3) is 5.56. The van der Waals surface area contributed by atoms with E-state index in [9.17, 15) is 4.79 Å². The van der Waals surface area contributed by atoms with Crippen molar-refractivity contribution in [2.45, 2.75) is 30.5 Å². The van der Waals surface area contributed by atoms with Crippen LogP contribution in [0.1, 0.15) is 35.8 Å². The molecule has 0 bridgehead atoms. The summed E-state index contributed by atoms with van der Waals surface area (Å²) in [5.41, 5.74) is 1.54. The highest BCUT2D eigenvalue weighted by Gasteiger charge is 2.07. The number of aromatic nitrogens is 2. The summed E-state index contributed by atoms with van der Waals surface area (Å²) >= 11 is 1.58. The van der Waals surface area contributed by atoms with E-state index in [2.05, 4.69) is 22.2 Å². The Kier molecular flexibility index (Phi) is 6.87. The molecule has 0 aliphatic carbocycles. The Morgan fingerprint density at radius 1 is 1.22 bits per heavy atom. The Balaban J connectivity index is 1.85. The molecule has 1 N–H and O–H groups in total. The number of hydrogen-bond donors (Lipinski definition) is 1. The van der Waals surface area contributed by atoms with E-state index in [1.54, 1.807) is 25.1 Å². The topological polar surface area (TPSA) is 64.1 Å². The van der Waals surface area contributed by atoms with Gasteiger partial charge in [-0.3, -0.25) is 4.79 Å². The minimum Gasteiger partial charge on any atom is -0.497 e. The highest BCUT2D eigenvalue weighted by atomic mass is 32.2. The van der Waals surface area contributed by atoms with Crippen molar-refractivity contribution in [1.29, 1.82) is 0 Å². The molecule has 5 nitrogen and oxygen atoms in total. The van der Waals surface area contributed by atoms with Crippen molar-refractivity contribution in [3.63, 3.8) is 0 Å². The lowest BCUT2D eigenvalue weighted by molar-refractivity contribution is 0.0947. The van der Waals surface area contributed by atoms with Crippen molar-refractivity contribution in [2.24, 2.45) is 0 Å². The van der Waals surface area contributed by atoms with Crippen molar-refractivity contribution in [1.82, 2.24) is 15.3 Å². The van der Waals surface area contributed by atoms with E-state index < -0.39 is 0 Å². The second-order valence-corrected chi connectivity index (χ2v) is 5.98. The second kappa shape index (κ2) is 9.15. The summed E-state index contributed by atoms with van der Waals surface area (Å²) in [5.74, 6) is 1.47. The summed E-state index contributed by atoms with van der Waals surface area (Å²) in [6.07, 6.45) is 5.18. The molecule has 1 heterocycles. The van der Waals surface area contributed by atoms with Crippen LogP contribution in [0.15, 0.2) is 41.7 Å². The maximum absolute atomic E-state index is 11.8. The summed E-state index contributed by atoms with van der Waals surface area (Å²) in [6.45, 7) is 2.76. The minimum absolute atomic E-state index is 0.169. The van der Waals surface area contributed by atoms with Crippen LogP contribution in [0.3, 0.4) is 0 Å². The fourth-order valence-electron chi connectivity index (χ4n) is 1.86. The molecule has 1 aromatic heterocycles. The van der Waals surface area contributed by atoms with Crippen molar-refractivity contribution in [3.8, 4) is 5.75 Å². The van der Waals surface area contributed by atoms with Gasteiger partial charge in [0.15, 0.2) is 0 Å². The van der Waals surface area contributed by atoms with Crippen LogP contribution in [0.2, 0.25) is 0 Å². The van der Waals surface area contributed by atoms with Crippen molar-refractivity contribution in [3.05, 3.63) is 47.9 Å². The van der Waals surface area contributed by atoms with Crippen LogP contribution in [0.5, 0.6) is 5.75 Å². The van der Waals surface area contributed by atoms with Gasteiger partial charge in [0.05, 0.1) is 19.5 Å². The van der Waals surface area contributed by atoms with Crippen molar-refractivity contribution < 1.29 is 9.53 Å². The first-order valence-corrected chi connectivity index (χ1v) is 8.57. The van der Waals surface area contributed by atoms with E-state index in [0.29, 0.717) is 12.2 Å². The molecule has 2 rings (SSSR count). The molecule has 0 unspecified atom stereocenters. The normalized spacial score (nSPS) is 10.3. The first-order chi connectivity index (χ1) is 11.2. The van der Waals surface area contributed by atoms with E-state index in [0.717, 1.165) is 29.4 Å². The van der Waals surface area contributed by atoms with E-state index in [-0.39, 0.29) is 5.91 Å². The number of thioether (sulfide) groups is 1. The third-order valence-electron chi connectivity index (χ3n) is 3.22. The summed E-state index contributed by atoms with van der Waals surface area (Å²) in [5, 5.41) is 3.63. The summed E-state index contributed by atoms with van der Waals surface area (Å²) in [4.78, 5) is 20.3. The van der Waals surface area contributed by atoms with Gasteiger partial charge in [-0.15, -0.1) is 11.8 Å². The van der Waals surface area contributed by atoms with Gasteiger partial charge in [-0.25, -0.2) is 9.97 Å². The number of unbranched alkanes of at least 4 members (excludes halogenated alkanes) is 1. The Morgan fingerprint density at radius 3 is 2.61 bits per heavy atom. The predicted octanol–water partition coefficient (Wildman–Crippen LogP) is 3.31. The third-order valence-corrected chi connectivity index (χ3v) is 4.21. The monoisotopic (exact) mass is 331 g/mol. The fourth-order valence-corrected chi connectivity index (χ4v) is 2.62. The minimum atomic E-state index is -0.169. The van der Waals surface area contributed by atoms with Gasteiger partial charge in [0.2, 0.25) is 0 Å². The number of nitrogens with one attached hydrogen (secondary N) is 1. The summed E-state index contributed by atoms with van der Waals surface area (Å²) in [7, 11) is 1.65. The lowest BCUT2D eigenvalue weighted by Crippen LogP contribution is -2.25. The van der Waals surface area contributed by atoms with E-state index in [1.807, 2.05) is 24.3 Å². The average molecular weight is 331 g/mol. The number of amides is 1. The second-order valence-electron chi connectivity index (χ2n) is 4.99. The van der Waals surface area contributed by atoms with Crippen LogP contribution in [0.25, 0.3) is 0 Å². The Morgan fingerprint density at radius 2 is 2.00 bits per heavy atom. The van der Waals surface area contributed by atoms with Gasteiger partial charge < -0.3 is 10.1 Å². The fraction of sp³-hybridized carbons (Fsp3) is 0.353. The zero-order valence-corrected chi connectivity index (χ0v) is 14.2. The summed E-state index contributed by atoms with van der Waals surface area (Å²) in [6, 6.07) is 7.92. The molecule has 23 heavy (non-hydrogen) atoms. The van der Waals surface area contributed by atoms with Gasteiger partial charge in [-0.2, -0.15) is 0 Å². The number of benzene rings is 1. The quantitative estimate of drug-likeness (QED) is 0.594. The average Bonchev–Trinajstić information content (AvgIpc) is 2.61. The molecule has 0 radical (unpaired) electrons. The number of carbonyl (C=O) groups excluding carboxylic acids is 1. The Hall–Kier alpha value is -2.08. The first kappa shape index (κ1) is 17.3. The number of hydrogen-bond acceptors (Lipinski definition) is 5. The van der Waals surface area contributed by atoms with Crippen molar-refractivity contribution in [2.75, 3.05) is 13.7 Å². The molecule has 2 aromatic rings. The number of methoxy groups -OCH3 is 1. The summed E-state index contributed by atoms with van der Waals surface area (Å²) < 4.78 is 5.14. The molecule has 0 spiro atoms. The molecular formula is C17H21N3O2S. The van der Waals surface area contributed by atoms with Crippen molar-refractivity contribution >= 4 is 17.7 Å². The molecule has 6 heteroatoms. The number of ether oxygens (including phenoxy) is 1. The number of rotatable bonds is 8. The maximum atomic E-state index is 11.8. The van der Waals surface area contributed by atoms with E-state index >= 15 is 0 Å². The van der Waals surface area contributed by atoms with Gasteiger partial charge in [0.1, 0.15) is 16.5 Å². The molecule has 0 saturated heterocycles. The van der Waals surface area contributed by atoms with Gasteiger partial charge in [-0.1, -0.05) is 25.5 Å². The van der Waals surface area contributed by atoms with Crippen LogP contribution >= 0.6 is 11.8 Å². The van der Waals surface area contributed by atoms with Crippen LogP contribution in [-0.2, 0) is 5.75 Å². The molecule has 0 aliphatic rings. The molecular weight excluding hydrogens is 310 g/mol. The number of carbonyl (C=O) groups is 1. The zero-order valence-electron chi connectivity index (χ0n) is 13.4. The first-order valence-electron chi connectivity index (χ1n) is 7.59. The highest BCUT2D eigenvalue weighted by molar-refractivity contribution is 7.98. The Bertz CT molecular complexity index is 615. The molecule has 1 amide bonds. The van der Waals surface area contributed by atoms with Crippen LogP contribution in [0.4, 0.5) is 0 Å². The molecule has 0 fully saturated rings. The lowest BCUT2D eigenvalue weighted by atomic mass is 10.2. The van der Waals surface area contributed by atoms with Gasteiger partial charge in [0, 0.05) is 12.3 Å². The molecule has 0 aliphatic heterocycles. The highest BCUT2D eigenvalue weighted by Crippen LogP contribution is 2.21. The molecule has 0 atom stereocenters. The largest absolute Gasteiger partial charge is 0.497 e. The molecule has 0 saturated carbocycles. The zero-order chi connectivity index (χ0) is 16.5. The van der Waals surface area contributed by atoms with Gasteiger partial charge >= 0.3 is 0 Å². The van der Waals surface area contributed by atoms with Gasteiger partial charge in [0.25, 0.3) is 5.91 Å². The molecule has 1 aromatic carbocycles. The van der Waals surface area contributed by atoms with Crippen LogP contribution in [0, 0.1) is 0 Å². The smallest absolute Gasteiger partial charge is 0.271 e. The molecule has 122 valence electrons. The lowest BCUT2D eigenvalue weighted by Gasteiger charge is -2.05. The van der Waals surface area contributed by atoms with Crippen LogP contribution < -0.4 is 10.1 Å². The number of nitrogens with zero attached hydrogens (tertiary/aromatic N) is 2. The standard InChI is InChI=1S/C17H21N3O2S/c1-3-4-9-18-17(21)15-10-20-16(11-19-15)23-12-13-5-7-14(22-2)8-6-13/h5-8,10-11H,3-4,9,12H2,1-2H3,(H,18,21).